The van der Waals surface area contributed by atoms with Gasteiger partial charge in [-0.3, -0.25) is 4.90 Å². The van der Waals surface area contributed by atoms with Gasteiger partial charge in [-0.25, -0.2) is 0 Å². The monoisotopic (exact) mass is 515 g/mol. The van der Waals surface area contributed by atoms with Crippen molar-refractivity contribution < 1.29 is 23.0 Å². The minimum absolute atomic E-state index is 0.267. The van der Waals surface area contributed by atoms with Crippen molar-refractivity contribution in [2.75, 3.05) is 19.7 Å². The number of ether oxygens (including phenoxy) is 1. The van der Waals surface area contributed by atoms with Gasteiger partial charge in [0.2, 0.25) is 0 Å². The number of piperidine rings is 1. The summed E-state index contributed by atoms with van der Waals surface area (Å²) in [7, 11) is 0. The Labute approximate surface area is 208 Å². The summed E-state index contributed by atoms with van der Waals surface area (Å²) in [6, 6.07) is 10.7. The van der Waals surface area contributed by atoms with Crippen LogP contribution in [0.15, 0.2) is 42.5 Å². The van der Waals surface area contributed by atoms with Gasteiger partial charge in [-0.1, -0.05) is 42.1 Å². The van der Waals surface area contributed by atoms with E-state index in [1.807, 2.05) is 12.1 Å². The Morgan fingerprint density at radius 1 is 1.03 bits per heavy atom. The molecule has 8 heteroatoms. The largest absolute Gasteiger partial charge is 0.494 e. The number of aliphatic hydroxyl groups is 1. The Balaban J connectivity index is 1.35. The highest BCUT2D eigenvalue weighted by atomic mass is 35.5. The highest BCUT2D eigenvalue weighted by Gasteiger charge is 2.46. The summed E-state index contributed by atoms with van der Waals surface area (Å²) in [5.74, 6) is 0.434. The first kappa shape index (κ1) is 25.6. The molecule has 1 saturated heterocycles. The minimum Gasteiger partial charge on any atom is -0.494 e. The van der Waals surface area contributed by atoms with Crippen LogP contribution in [0.3, 0.4) is 0 Å². The molecule has 3 nitrogen and oxygen atoms in total. The van der Waals surface area contributed by atoms with Gasteiger partial charge in [-0.05, 0) is 80.6 Å². The number of hydrogen-bond donors (Lipinski definition) is 1. The summed E-state index contributed by atoms with van der Waals surface area (Å²) in [5, 5.41) is 12.4. The van der Waals surface area contributed by atoms with Crippen molar-refractivity contribution >= 4 is 23.2 Å². The molecule has 0 spiro atoms. The quantitative estimate of drug-likeness (QED) is 0.406. The van der Waals surface area contributed by atoms with Gasteiger partial charge in [0.15, 0.2) is 0 Å². The highest BCUT2D eigenvalue weighted by Crippen LogP contribution is 2.48. The molecule has 2 aromatic rings. The zero-order valence-electron chi connectivity index (χ0n) is 19.0. The Hall–Kier alpha value is -1.47. The molecule has 0 amide bonds. The van der Waals surface area contributed by atoms with Gasteiger partial charge in [0.05, 0.1) is 28.3 Å². The molecule has 34 heavy (non-hydrogen) atoms. The van der Waals surface area contributed by atoms with E-state index < -0.39 is 17.8 Å². The second-order valence-corrected chi connectivity index (χ2v) is 10.3. The lowest BCUT2D eigenvalue weighted by Crippen LogP contribution is -2.53. The maximum atomic E-state index is 12.7. The first-order valence-corrected chi connectivity index (χ1v) is 12.6. The molecule has 1 aliphatic heterocycles. The molecule has 2 fully saturated rings. The van der Waals surface area contributed by atoms with Crippen LogP contribution in [0.2, 0.25) is 10.0 Å². The lowest BCUT2D eigenvalue weighted by atomic mass is 9.61. The second-order valence-electron chi connectivity index (χ2n) is 9.46. The number of nitrogens with zero attached hydrogens (tertiary/aromatic N) is 1. The number of hydrogen-bond acceptors (Lipinski definition) is 3. The minimum atomic E-state index is -4.35. The van der Waals surface area contributed by atoms with Gasteiger partial charge in [0.1, 0.15) is 5.75 Å². The van der Waals surface area contributed by atoms with Crippen molar-refractivity contribution in [3.05, 3.63) is 63.6 Å². The molecule has 1 N–H and O–H groups in total. The van der Waals surface area contributed by atoms with E-state index in [-0.39, 0.29) is 11.5 Å². The molecular formula is C26H30Cl2F3NO2. The topological polar surface area (TPSA) is 32.7 Å². The third kappa shape index (κ3) is 5.67. The van der Waals surface area contributed by atoms with Crippen LogP contribution in [0.1, 0.15) is 56.1 Å². The molecule has 0 bridgehead atoms. The van der Waals surface area contributed by atoms with Gasteiger partial charge in [0.25, 0.3) is 0 Å². The fourth-order valence-corrected chi connectivity index (χ4v) is 5.55. The third-order valence-corrected chi connectivity index (χ3v) is 8.18. The molecule has 1 heterocycles. The van der Waals surface area contributed by atoms with Gasteiger partial charge in [0, 0.05) is 18.0 Å². The van der Waals surface area contributed by atoms with E-state index in [2.05, 4.69) is 4.90 Å². The summed E-state index contributed by atoms with van der Waals surface area (Å²) in [6.07, 6.45) is 2.02. The van der Waals surface area contributed by atoms with Gasteiger partial charge in [-0.15, -0.1) is 0 Å². The van der Waals surface area contributed by atoms with Crippen LogP contribution in [-0.2, 0) is 11.6 Å². The zero-order valence-corrected chi connectivity index (χ0v) is 20.5. The van der Waals surface area contributed by atoms with Crippen molar-refractivity contribution in [1.29, 1.82) is 0 Å². The van der Waals surface area contributed by atoms with Crippen LogP contribution in [-0.4, -0.2) is 41.8 Å². The lowest BCUT2D eigenvalue weighted by molar-refractivity contribution is -0.137. The lowest BCUT2D eigenvalue weighted by Gasteiger charge is -2.48. The Morgan fingerprint density at radius 3 is 2.38 bits per heavy atom. The SMILES string of the molecule is OC(CN1CCCCC1CCOc1ccc(C(F)(F)F)cc1)C1(c2ccc(Cl)c(Cl)c2)CCC1. The summed E-state index contributed by atoms with van der Waals surface area (Å²) in [6.45, 7) is 1.91. The summed E-state index contributed by atoms with van der Waals surface area (Å²) < 4.78 is 44.0. The number of halogens is 5. The Bertz CT molecular complexity index is 964. The van der Waals surface area contributed by atoms with Crippen molar-refractivity contribution in [3.63, 3.8) is 0 Å². The predicted octanol–water partition coefficient (Wildman–Crippen LogP) is 7.12. The van der Waals surface area contributed by atoms with Crippen LogP contribution in [0, 0.1) is 0 Å². The Morgan fingerprint density at radius 2 is 1.76 bits per heavy atom. The van der Waals surface area contributed by atoms with Crippen LogP contribution < -0.4 is 4.74 Å². The Kier molecular flexibility index (Phi) is 8.02. The molecule has 2 aromatic carbocycles. The van der Waals surface area contributed by atoms with E-state index in [0.29, 0.717) is 28.9 Å². The number of β-amino-alcohol motifs (C(OH)–C–C–N with tert-alkyl or cyclic N) is 1. The number of aliphatic hydroxyl groups excluding tert-OH is 1. The molecule has 1 saturated carbocycles. The maximum Gasteiger partial charge on any atom is 0.416 e. The maximum absolute atomic E-state index is 12.7. The summed E-state index contributed by atoms with van der Waals surface area (Å²) in [4.78, 5) is 2.35. The van der Waals surface area contributed by atoms with Gasteiger partial charge < -0.3 is 9.84 Å². The normalized spacial score (nSPS) is 21.6. The number of alkyl halides is 3. The average Bonchev–Trinajstić information content (AvgIpc) is 2.76. The van der Waals surface area contributed by atoms with E-state index in [0.717, 1.165) is 69.2 Å². The fourth-order valence-electron chi connectivity index (χ4n) is 5.25. The highest BCUT2D eigenvalue weighted by molar-refractivity contribution is 6.42. The molecular weight excluding hydrogens is 486 g/mol. The first-order chi connectivity index (χ1) is 16.2. The second kappa shape index (κ2) is 10.7. The summed E-state index contributed by atoms with van der Waals surface area (Å²) in [5.41, 5.74) is 0.0616. The molecule has 0 aromatic heterocycles. The molecule has 4 rings (SSSR count). The van der Waals surface area contributed by atoms with Gasteiger partial charge >= 0.3 is 6.18 Å². The number of rotatable bonds is 8. The molecule has 186 valence electrons. The molecule has 0 radical (unpaired) electrons. The number of benzene rings is 2. The van der Waals surface area contributed by atoms with E-state index >= 15 is 0 Å². The van der Waals surface area contributed by atoms with Crippen LogP contribution in [0.4, 0.5) is 13.2 Å². The number of likely N-dealkylation sites (tertiary alicyclic amines) is 1. The van der Waals surface area contributed by atoms with Crippen molar-refractivity contribution in [2.45, 2.75) is 68.7 Å². The fraction of sp³-hybridized carbons (Fsp3) is 0.538. The molecule has 2 unspecified atom stereocenters. The molecule has 1 aliphatic carbocycles. The standard InChI is InChI=1S/C26H30Cl2F3NO2/c27-22-10-7-19(16-23(22)28)25(12-3-13-25)24(33)17-32-14-2-1-4-20(32)11-15-34-21-8-5-18(6-9-21)26(29,30)31/h5-10,16,20,24,33H,1-4,11-15,17H2. The van der Waals surface area contributed by atoms with E-state index in [4.69, 9.17) is 27.9 Å². The third-order valence-electron chi connectivity index (χ3n) is 7.44. The van der Waals surface area contributed by atoms with Crippen molar-refractivity contribution in [2.24, 2.45) is 0 Å². The average molecular weight is 516 g/mol. The molecule has 2 atom stereocenters. The smallest absolute Gasteiger partial charge is 0.416 e. The van der Waals surface area contributed by atoms with Crippen LogP contribution in [0.25, 0.3) is 0 Å². The van der Waals surface area contributed by atoms with E-state index in [1.54, 1.807) is 6.07 Å². The van der Waals surface area contributed by atoms with E-state index in [1.165, 1.54) is 12.1 Å². The van der Waals surface area contributed by atoms with Crippen LogP contribution in [0.5, 0.6) is 5.75 Å². The molecule has 2 aliphatic rings. The van der Waals surface area contributed by atoms with Crippen molar-refractivity contribution in [1.82, 2.24) is 4.90 Å². The first-order valence-electron chi connectivity index (χ1n) is 11.9. The predicted molar refractivity (Wildman–Crippen MR) is 129 cm³/mol. The van der Waals surface area contributed by atoms with E-state index in [9.17, 15) is 18.3 Å². The van der Waals surface area contributed by atoms with Crippen LogP contribution >= 0.6 is 23.2 Å². The zero-order chi connectivity index (χ0) is 24.3. The summed E-state index contributed by atoms with van der Waals surface area (Å²) >= 11 is 12.4. The van der Waals surface area contributed by atoms with Gasteiger partial charge in [-0.2, -0.15) is 13.2 Å². The van der Waals surface area contributed by atoms with Crippen molar-refractivity contribution in [3.8, 4) is 5.75 Å².